The number of fused-ring (bicyclic) bond motifs is 1. The van der Waals surface area contributed by atoms with E-state index in [2.05, 4.69) is 4.98 Å². The number of esters is 1. The van der Waals surface area contributed by atoms with Gasteiger partial charge in [-0.25, -0.2) is 9.18 Å². The number of rotatable bonds is 3. The lowest BCUT2D eigenvalue weighted by Gasteiger charge is -2.04. The molecule has 3 nitrogen and oxygen atoms in total. The van der Waals surface area contributed by atoms with Crippen molar-refractivity contribution < 1.29 is 13.9 Å². The number of hydrogen-bond donors (Lipinski definition) is 1. The third-order valence-corrected chi connectivity index (χ3v) is 4.47. The number of carbonyl (C=O) groups is 1. The summed E-state index contributed by atoms with van der Waals surface area (Å²) < 4.78 is 18.2. The highest BCUT2D eigenvalue weighted by atomic mass is 35.5. The summed E-state index contributed by atoms with van der Waals surface area (Å²) in [6, 6.07) is 11.5. The molecule has 1 aromatic heterocycles. The van der Waals surface area contributed by atoms with Crippen LogP contribution < -0.4 is 0 Å². The van der Waals surface area contributed by atoms with E-state index in [1.807, 2.05) is 0 Å². The Morgan fingerprint density at radius 1 is 1.27 bits per heavy atom. The monoisotopic (exact) mass is 335 g/mol. The van der Waals surface area contributed by atoms with Crippen molar-refractivity contribution in [2.45, 2.75) is 9.79 Å². The fourth-order valence-electron chi connectivity index (χ4n) is 2.14. The van der Waals surface area contributed by atoms with Crippen LogP contribution in [0, 0.1) is 5.82 Å². The molecule has 0 aliphatic rings. The minimum absolute atomic E-state index is 0.328. The molecule has 1 heterocycles. The molecule has 1 N–H and O–H groups in total. The van der Waals surface area contributed by atoms with E-state index in [1.54, 1.807) is 30.3 Å². The summed E-state index contributed by atoms with van der Waals surface area (Å²) in [4.78, 5) is 16.3. The summed E-state index contributed by atoms with van der Waals surface area (Å²) in [6.45, 7) is 0. The average Bonchev–Trinajstić information content (AvgIpc) is 2.85. The largest absolute Gasteiger partial charge is 0.464 e. The van der Waals surface area contributed by atoms with Crippen LogP contribution in [0.15, 0.2) is 52.3 Å². The van der Waals surface area contributed by atoms with Crippen molar-refractivity contribution in [3.05, 3.63) is 59.0 Å². The molecular formula is C16H11ClFNO2S. The number of aromatic amines is 1. The van der Waals surface area contributed by atoms with Crippen molar-refractivity contribution in [1.82, 2.24) is 4.98 Å². The van der Waals surface area contributed by atoms with Gasteiger partial charge in [0, 0.05) is 20.8 Å². The maximum absolute atomic E-state index is 13.4. The maximum atomic E-state index is 13.4. The predicted octanol–water partition coefficient (Wildman–Crippen LogP) is 4.90. The number of halogens is 2. The lowest BCUT2D eigenvalue weighted by molar-refractivity contribution is 0.0591. The lowest BCUT2D eigenvalue weighted by Crippen LogP contribution is -2.02. The zero-order chi connectivity index (χ0) is 15.7. The van der Waals surface area contributed by atoms with Crippen LogP contribution in [0.25, 0.3) is 10.9 Å². The second kappa shape index (κ2) is 6.02. The normalized spacial score (nSPS) is 10.9. The van der Waals surface area contributed by atoms with Crippen molar-refractivity contribution in [2.75, 3.05) is 7.11 Å². The first-order valence-corrected chi connectivity index (χ1v) is 7.61. The summed E-state index contributed by atoms with van der Waals surface area (Å²) in [5, 5.41) is 1.35. The summed E-state index contributed by atoms with van der Waals surface area (Å²) >= 11 is 7.33. The van der Waals surface area contributed by atoms with Crippen LogP contribution in [-0.4, -0.2) is 18.1 Å². The molecule has 0 bridgehead atoms. The van der Waals surface area contributed by atoms with Crippen molar-refractivity contribution in [3.8, 4) is 0 Å². The van der Waals surface area contributed by atoms with E-state index in [9.17, 15) is 9.18 Å². The van der Waals surface area contributed by atoms with Crippen molar-refractivity contribution in [3.63, 3.8) is 0 Å². The van der Waals surface area contributed by atoms with Gasteiger partial charge in [-0.05, 0) is 36.4 Å². The molecule has 0 radical (unpaired) electrons. The number of carbonyl (C=O) groups excluding carboxylic acids is 1. The summed E-state index contributed by atoms with van der Waals surface area (Å²) in [5.74, 6) is -0.811. The van der Waals surface area contributed by atoms with E-state index < -0.39 is 5.97 Å². The average molecular weight is 336 g/mol. The minimum Gasteiger partial charge on any atom is -0.464 e. The molecule has 0 fully saturated rings. The van der Waals surface area contributed by atoms with E-state index >= 15 is 0 Å². The highest BCUT2D eigenvalue weighted by Gasteiger charge is 2.19. The Hall–Kier alpha value is -1.98. The summed E-state index contributed by atoms with van der Waals surface area (Å²) in [6.07, 6.45) is 0. The van der Waals surface area contributed by atoms with Gasteiger partial charge in [-0.2, -0.15) is 0 Å². The van der Waals surface area contributed by atoms with Crippen LogP contribution >= 0.6 is 23.4 Å². The Kier molecular flexibility index (Phi) is 4.09. The zero-order valence-electron chi connectivity index (χ0n) is 11.5. The third-order valence-electron chi connectivity index (χ3n) is 3.12. The zero-order valence-corrected chi connectivity index (χ0v) is 13.1. The van der Waals surface area contributed by atoms with E-state index in [-0.39, 0.29) is 5.82 Å². The smallest absolute Gasteiger partial charge is 0.355 e. The fraction of sp³-hybridized carbons (Fsp3) is 0.0625. The van der Waals surface area contributed by atoms with Crippen LogP contribution in [0.5, 0.6) is 0 Å². The Morgan fingerprint density at radius 2 is 2.09 bits per heavy atom. The number of methoxy groups -OCH3 is 1. The molecule has 2 aromatic carbocycles. The maximum Gasteiger partial charge on any atom is 0.355 e. The van der Waals surface area contributed by atoms with E-state index in [0.29, 0.717) is 20.5 Å². The molecule has 0 saturated carbocycles. The second-order valence-electron chi connectivity index (χ2n) is 4.57. The number of ether oxygens (including phenoxy) is 1. The number of aromatic nitrogens is 1. The molecule has 0 atom stereocenters. The van der Waals surface area contributed by atoms with Crippen LogP contribution in [-0.2, 0) is 4.74 Å². The Morgan fingerprint density at radius 3 is 2.82 bits per heavy atom. The summed E-state index contributed by atoms with van der Waals surface area (Å²) in [7, 11) is 1.32. The minimum atomic E-state index is -0.480. The Balaban J connectivity index is 2.16. The van der Waals surface area contributed by atoms with Crippen LogP contribution in [0.1, 0.15) is 10.5 Å². The molecule has 6 heteroatoms. The Bertz CT molecular complexity index is 862. The quantitative estimate of drug-likeness (QED) is 0.692. The summed E-state index contributed by atoms with van der Waals surface area (Å²) in [5.41, 5.74) is 1.10. The molecule has 0 aliphatic heterocycles. The molecule has 3 aromatic rings. The van der Waals surface area contributed by atoms with Gasteiger partial charge in [0.15, 0.2) is 0 Å². The van der Waals surface area contributed by atoms with Gasteiger partial charge in [-0.3, -0.25) is 0 Å². The second-order valence-corrected chi connectivity index (χ2v) is 6.09. The van der Waals surface area contributed by atoms with Gasteiger partial charge in [0.05, 0.1) is 12.0 Å². The van der Waals surface area contributed by atoms with Gasteiger partial charge in [0.1, 0.15) is 11.5 Å². The highest BCUT2D eigenvalue weighted by Crippen LogP contribution is 2.38. The number of nitrogens with one attached hydrogen (secondary N) is 1. The van der Waals surface area contributed by atoms with Crippen molar-refractivity contribution in [2.24, 2.45) is 0 Å². The standard InChI is InChI=1S/C16H11ClFNO2S/c1-21-16(20)14-15(22-11-4-2-3-10(18)8-11)12-7-9(17)5-6-13(12)19-14/h2-8,19H,1H3. The van der Waals surface area contributed by atoms with Gasteiger partial charge < -0.3 is 9.72 Å². The molecule has 112 valence electrons. The SMILES string of the molecule is COC(=O)c1[nH]c2ccc(Cl)cc2c1Sc1cccc(F)c1. The Labute approximate surface area is 135 Å². The molecule has 0 aliphatic carbocycles. The van der Waals surface area contributed by atoms with Gasteiger partial charge in [-0.15, -0.1) is 0 Å². The first kappa shape index (κ1) is 14.9. The van der Waals surface area contributed by atoms with Crippen LogP contribution in [0.4, 0.5) is 4.39 Å². The predicted molar refractivity (Wildman–Crippen MR) is 85.2 cm³/mol. The fourth-order valence-corrected chi connectivity index (χ4v) is 3.38. The molecule has 0 spiro atoms. The molecular weight excluding hydrogens is 325 g/mol. The molecule has 0 saturated heterocycles. The molecule has 22 heavy (non-hydrogen) atoms. The number of H-pyrrole nitrogens is 1. The van der Waals surface area contributed by atoms with Gasteiger partial charge >= 0.3 is 5.97 Å². The number of hydrogen-bond acceptors (Lipinski definition) is 3. The van der Waals surface area contributed by atoms with Crippen molar-refractivity contribution >= 4 is 40.2 Å². The van der Waals surface area contributed by atoms with Crippen LogP contribution in [0.3, 0.4) is 0 Å². The third kappa shape index (κ3) is 2.82. The first-order chi connectivity index (χ1) is 10.6. The van der Waals surface area contributed by atoms with Gasteiger partial charge in [-0.1, -0.05) is 29.4 Å². The molecule has 0 amide bonds. The number of benzene rings is 2. The van der Waals surface area contributed by atoms with Gasteiger partial charge in [0.2, 0.25) is 0 Å². The highest BCUT2D eigenvalue weighted by molar-refractivity contribution is 7.99. The van der Waals surface area contributed by atoms with Gasteiger partial charge in [0.25, 0.3) is 0 Å². The van der Waals surface area contributed by atoms with E-state index in [4.69, 9.17) is 16.3 Å². The molecule has 3 rings (SSSR count). The molecule has 0 unspecified atom stereocenters. The van der Waals surface area contributed by atoms with Crippen molar-refractivity contribution in [1.29, 1.82) is 0 Å². The first-order valence-electron chi connectivity index (χ1n) is 6.41. The van der Waals surface area contributed by atoms with E-state index in [0.717, 1.165) is 10.9 Å². The lowest BCUT2D eigenvalue weighted by atomic mass is 10.2. The van der Waals surface area contributed by atoms with E-state index in [1.165, 1.54) is 31.0 Å². The van der Waals surface area contributed by atoms with Crippen LogP contribution in [0.2, 0.25) is 5.02 Å². The topological polar surface area (TPSA) is 42.1 Å².